The van der Waals surface area contributed by atoms with Crippen LogP contribution in [0.15, 0.2) is 23.0 Å². The maximum absolute atomic E-state index is 12.4. The first-order valence-corrected chi connectivity index (χ1v) is 9.16. The lowest BCUT2D eigenvalue weighted by atomic mass is 9.97. The Kier molecular flexibility index (Phi) is 3.79. The zero-order chi connectivity index (χ0) is 16.8. The molecule has 0 fully saturated rings. The molecule has 122 valence electrons. The lowest BCUT2D eigenvalue weighted by Crippen LogP contribution is -2.14. The lowest BCUT2D eigenvalue weighted by Gasteiger charge is -2.24. The summed E-state index contributed by atoms with van der Waals surface area (Å²) in [6, 6.07) is 5.30. The first-order valence-electron chi connectivity index (χ1n) is 7.15. The number of aromatic nitrogens is 1. The summed E-state index contributed by atoms with van der Waals surface area (Å²) in [7, 11) is 0. The summed E-state index contributed by atoms with van der Waals surface area (Å²) in [5, 5.41) is 1.08. The van der Waals surface area contributed by atoms with Gasteiger partial charge in [0.25, 0.3) is 0 Å². The zero-order valence-corrected chi connectivity index (χ0v) is 14.8. The van der Waals surface area contributed by atoms with Crippen LogP contribution in [0.4, 0.5) is 0 Å². The molecular formula is C16H10ClNO4S2. The fourth-order valence-corrected chi connectivity index (χ4v) is 4.88. The van der Waals surface area contributed by atoms with Crippen LogP contribution >= 0.6 is 34.3 Å². The first kappa shape index (κ1) is 15.6. The van der Waals surface area contributed by atoms with Gasteiger partial charge in [0.15, 0.2) is 0 Å². The number of rotatable bonds is 2. The van der Waals surface area contributed by atoms with Crippen molar-refractivity contribution >= 4 is 40.2 Å². The van der Waals surface area contributed by atoms with Crippen molar-refractivity contribution in [2.45, 2.75) is 13.5 Å². The fourth-order valence-electron chi connectivity index (χ4n) is 2.68. The highest BCUT2D eigenvalue weighted by Gasteiger charge is 2.31. The molecule has 24 heavy (non-hydrogen) atoms. The molecule has 0 aliphatic carbocycles. The predicted octanol–water partition coefficient (Wildman–Crippen LogP) is 4.06. The Morgan fingerprint density at radius 2 is 2.25 bits per heavy atom. The second-order valence-corrected chi connectivity index (χ2v) is 7.45. The Morgan fingerprint density at radius 1 is 1.42 bits per heavy atom. The van der Waals surface area contributed by atoms with E-state index >= 15 is 0 Å². The van der Waals surface area contributed by atoms with Crippen LogP contribution in [0, 0.1) is 0 Å². The number of hydrogen-bond donors (Lipinski definition) is 0. The fraction of sp³-hybridized carbons (Fsp3) is 0.188. The number of ether oxygens (including phenoxy) is 2. The predicted molar refractivity (Wildman–Crippen MR) is 93.6 cm³/mol. The molecule has 3 aliphatic rings. The van der Waals surface area contributed by atoms with Crippen molar-refractivity contribution < 1.29 is 14.3 Å². The van der Waals surface area contributed by atoms with Gasteiger partial charge in [0.1, 0.15) is 22.2 Å². The molecule has 0 atom stereocenters. The molecule has 0 unspecified atom stereocenters. The van der Waals surface area contributed by atoms with Crippen molar-refractivity contribution in [3.63, 3.8) is 0 Å². The van der Waals surface area contributed by atoms with E-state index in [4.69, 9.17) is 21.1 Å². The van der Waals surface area contributed by atoms with Crippen LogP contribution in [0.3, 0.4) is 0 Å². The highest BCUT2D eigenvalue weighted by Crippen LogP contribution is 2.48. The summed E-state index contributed by atoms with van der Waals surface area (Å²) in [6.07, 6.45) is 0. The molecule has 5 nitrogen and oxygen atoms in total. The SMILES string of the molecule is CCOC(=O)c1sc2nc(=O)sc-2c2c1COc1ccc(Cl)cc1-2. The van der Waals surface area contributed by atoms with E-state index in [2.05, 4.69) is 4.98 Å². The second kappa shape index (κ2) is 5.84. The molecule has 0 aromatic heterocycles. The Bertz CT molecular complexity index is 994. The van der Waals surface area contributed by atoms with E-state index in [0.29, 0.717) is 26.2 Å². The molecule has 1 aromatic carbocycles. The summed E-state index contributed by atoms with van der Waals surface area (Å²) in [4.78, 5) is 29.0. The van der Waals surface area contributed by atoms with Gasteiger partial charge in [-0.3, -0.25) is 4.79 Å². The number of benzene rings is 1. The largest absolute Gasteiger partial charge is 0.488 e. The van der Waals surface area contributed by atoms with Crippen LogP contribution in [0.25, 0.3) is 21.0 Å². The molecule has 0 bridgehead atoms. The van der Waals surface area contributed by atoms with Gasteiger partial charge >= 0.3 is 10.8 Å². The number of carbonyl (C=O) groups is 1. The van der Waals surface area contributed by atoms with Gasteiger partial charge in [-0.05, 0) is 25.1 Å². The van der Waals surface area contributed by atoms with Crippen molar-refractivity contribution in [3.8, 4) is 26.8 Å². The molecule has 0 saturated carbocycles. The first-order chi connectivity index (χ1) is 11.6. The minimum absolute atomic E-state index is 0.233. The monoisotopic (exact) mass is 379 g/mol. The van der Waals surface area contributed by atoms with E-state index in [1.165, 1.54) is 0 Å². The van der Waals surface area contributed by atoms with Crippen molar-refractivity contribution in [2.24, 2.45) is 0 Å². The van der Waals surface area contributed by atoms with Crippen molar-refractivity contribution in [1.29, 1.82) is 0 Å². The zero-order valence-electron chi connectivity index (χ0n) is 12.4. The summed E-state index contributed by atoms with van der Waals surface area (Å²) in [5.74, 6) is 0.232. The molecule has 0 saturated heterocycles. The summed E-state index contributed by atoms with van der Waals surface area (Å²) >= 11 is 8.36. The molecule has 3 aliphatic heterocycles. The molecule has 0 radical (unpaired) electrons. The molecule has 1 aromatic rings. The Balaban J connectivity index is 2.07. The average Bonchev–Trinajstić information content (AvgIpc) is 2.93. The van der Waals surface area contributed by atoms with Crippen LogP contribution in [0.1, 0.15) is 22.2 Å². The van der Waals surface area contributed by atoms with E-state index in [1.54, 1.807) is 25.1 Å². The molecule has 3 heterocycles. The molecular weight excluding hydrogens is 370 g/mol. The van der Waals surface area contributed by atoms with Crippen LogP contribution in [-0.2, 0) is 11.3 Å². The Labute approximate surface area is 149 Å². The Morgan fingerprint density at radius 3 is 3.04 bits per heavy atom. The number of halogens is 1. The maximum Gasteiger partial charge on any atom is 0.348 e. The van der Waals surface area contributed by atoms with Crippen LogP contribution in [0.5, 0.6) is 5.75 Å². The normalized spacial score (nSPS) is 12.4. The van der Waals surface area contributed by atoms with E-state index in [1.807, 2.05) is 0 Å². The number of carbonyl (C=O) groups excluding carboxylic acids is 1. The van der Waals surface area contributed by atoms with Crippen LogP contribution < -0.4 is 9.61 Å². The topological polar surface area (TPSA) is 65.5 Å². The van der Waals surface area contributed by atoms with Crippen LogP contribution in [-0.4, -0.2) is 17.6 Å². The van der Waals surface area contributed by atoms with Gasteiger partial charge in [-0.1, -0.05) is 22.9 Å². The third kappa shape index (κ3) is 2.40. The average molecular weight is 380 g/mol. The molecule has 0 spiro atoms. The smallest absolute Gasteiger partial charge is 0.348 e. The van der Waals surface area contributed by atoms with Crippen LogP contribution in [0.2, 0.25) is 5.02 Å². The summed E-state index contributed by atoms with van der Waals surface area (Å²) in [5.41, 5.74) is 2.26. The number of fused-ring (bicyclic) bond motifs is 5. The van der Waals surface area contributed by atoms with Crippen molar-refractivity contribution in [2.75, 3.05) is 6.61 Å². The number of hydrogen-bond acceptors (Lipinski definition) is 7. The lowest BCUT2D eigenvalue weighted by molar-refractivity contribution is 0.0529. The highest BCUT2D eigenvalue weighted by atomic mass is 35.5. The molecule has 8 heteroatoms. The summed E-state index contributed by atoms with van der Waals surface area (Å²) in [6.45, 7) is 2.25. The number of thiazole rings is 1. The third-order valence-electron chi connectivity index (χ3n) is 3.62. The summed E-state index contributed by atoms with van der Waals surface area (Å²) < 4.78 is 10.9. The van der Waals surface area contributed by atoms with Crippen molar-refractivity contribution in [1.82, 2.24) is 4.98 Å². The standard InChI is InChI=1S/C16H10ClNO4S2/c1-2-21-15(19)12-9-6-22-10-4-3-7(17)5-8(10)11(9)13-14(23-12)18-16(20)24-13/h3-5H,2,6H2,1H3. The number of esters is 1. The van der Waals surface area contributed by atoms with E-state index in [9.17, 15) is 9.59 Å². The van der Waals surface area contributed by atoms with Crippen molar-refractivity contribution in [3.05, 3.63) is 43.3 Å². The molecule has 0 amide bonds. The second-order valence-electron chi connectivity index (χ2n) is 5.05. The van der Waals surface area contributed by atoms with Gasteiger partial charge in [-0.2, -0.15) is 4.98 Å². The molecule has 4 rings (SSSR count). The van der Waals surface area contributed by atoms with Gasteiger partial charge < -0.3 is 9.47 Å². The third-order valence-corrected chi connectivity index (χ3v) is 5.96. The number of nitrogens with zero attached hydrogens (tertiary/aromatic N) is 1. The van der Waals surface area contributed by atoms with Gasteiger partial charge in [0.2, 0.25) is 0 Å². The van der Waals surface area contributed by atoms with Gasteiger partial charge in [-0.25, -0.2) is 4.79 Å². The van der Waals surface area contributed by atoms with Gasteiger partial charge in [-0.15, -0.1) is 11.3 Å². The molecule has 0 N–H and O–H groups in total. The minimum atomic E-state index is -0.435. The van der Waals surface area contributed by atoms with E-state index < -0.39 is 5.97 Å². The van der Waals surface area contributed by atoms with Gasteiger partial charge in [0, 0.05) is 21.7 Å². The van der Waals surface area contributed by atoms with Gasteiger partial charge in [0.05, 0.1) is 11.5 Å². The van der Waals surface area contributed by atoms with E-state index in [-0.39, 0.29) is 18.1 Å². The van der Waals surface area contributed by atoms with E-state index in [0.717, 1.165) is 38.7 Å². The maximum atomic E-state index is 12.4. The minimum Gasteiger partial charge on any atom is -0.488 e. The quantitative estimate of drug-likeness (QED) is 0.628. The highest BCUT2D eigenvalue weighted by molar-refractivity contribution is 7.23. The Hall–Kier alpha value is -1.96.